The maximum atomic E-state index is 13.4. The number of carbonyl (C=O) groups is 2. The molecule has 0 aromatic heterocycles. The summed E-state index contributed by atoms with van der Waals surface area (Å²) in [7, 11) is 0. The quantitative estimate of drug-likeness (QED) is 0.821. The number of alkyl halides is 3. The molecule has 0 atom stereocenters. The Bertz CT molecular complexity index is 706. The van der Waals surface area contributed by atoms with E-state index in [1.165, 1.54) is 6.07 Å². The third-order valence-electron chi connectivity index (χ3n) is 4.11. The van der Waals surface area contributed by atoms with Crippen molar-refractivity contribution in [3.8, 4) is 0 Å². The number of nitrogens with one attached hydrogen (secondary N) is 1. The Morgan fingerprint density at radius 1 is 1.19 bits per heavy atom. The maximum Gasteiger partial charge on any atom is 0.418 e. The van der Waals surface area contributed by atoms with Crippen LogP contribution in [0.1, 0.15) is 49.5 Å². The number of nitrogens with zero attached hydrogens (tertiary/aromatic N) is 1. The molecule has 1 aliphatic heterocycles. The largest absolute Gasteiger partial charge is 0.478 e. The summed E-state index contributed by atoms with van der Waals surface area (Å²) in [4.78, 5) is 24.4. The highest BCUT2D eigenvalue weighted by Gasteiger charge is 2.36. The van der Waals surface area contributed by atoms with Crippen LogP contribution in [-0.2, 0) is 10.9 Å². The summed E-state index contributed by atoms with van der Waals surface area (Å²) in [5.41, 5.74) is -2.06. The standard InChI is InChI=1S/C18H23F3N2O4/c1-17(2,3)27-16(26)22-12-6-8-23(9-7-12)14-5-4-11(15(24)25)10-13(14)18(19,20)21/h4-5,10,12H,6-9H2,1-3H3,(H,22,26)(H,24,25). The van der Waals surface area contributed by atoms with Crippen molar-refractivity contribution in [1.29, 1.82) is 0 Å². The lowest BCUT2D eigenvalue weighted by Crippen LogP contribution is -2.46. The van der Waals surface area contributed by atoms with Gasteiger partial charge in [0.1, 0.15) is 5.60 Å². The second-order valence-corrected chi connectivity index (χ2v) is 7.44. The molecule has 9 heteroatoms. The number of aromatic carboxylic acids is 1. The number of carboxylic acid groups (broad SMARTS) is 1. The molecular weight excluding hydrogens is 365 g/mol. The third kappa shape index (κ3) is 5.77. The normalized spacial score (nSPS) is 16.1. The summed E-state index contributed by atoms with van der Waals surface area (Å²) in [6.45, 7) is 5.84. The molecule has 1 heterocycles. The molecular formula is C18H23F3N2O4. The number of ether oxygens (including phenoxy) is 1. The molecule has 1 fully saturated rings. The molecule has 1 aromatic carbocycles. The number of hydrogen-bond donors (Lipinski definition) is 2. The maximum absolute atomic E-state index is 13.4. The summed E-state index contributed by atoms with van der Waals surface area (Å²) in [5.74, 6) is -1.41. The topological polar surface area (TPSA) is 78.9 Å². The fourth-order valence-electron chi connectivity index (χ4n) is 2.91. The number of rotatable bonds is 3. The lowest BCUT2D eigenvalue weighted by molar-refractivity contribution is -0.137. The number of piperidine rings is 1. The molecule has 0 bridgehead atoms. The molecule has 2 N–H and O–H groups in total. The van der Waals surface area contributed by atoms with Gasteiger partial charge in [0.2, 0.25) is 0 Å². The molecule has 1 amide bonds. The fourth-order valence-corrected chi connectivity index (χ4v) is 2.91. The lowest BCUT2D eigenvalue weighted by atomic mass is 10.0. The lowest BCUT2D eigenvalue weighted by Gasteiger charge is -2.35. The number of halogens is 3. The van der Waals surface area contributed by atoms with E-state index in [1.54, 1.807) is 25.7 Å². The van der Waals surface area contributed by atoms with Crippen LogP contribution >= 0.6 is 0 Å². The van der Waals surface area contributed by atoms with Crippen molar-refractivity contribution in [3.63, 3.8) is 0 Å². The summed E-state index contributed by atoms with van der Waals surface area (Å²) >= 11 is 0. The van der Waals surface area contributed by atoms with E-state index >= 15 is 0 Å². The second-order valence-electron chi connectivity index (χ2n) is 7.44. The summed E-state index contributed by atoms with van der Waals surface area (Å²) in [6, 6.07) is 2.82. The van der Waals surface area contributed by atoms with E-state index in [4.69, 9.17) is 9.84 Å². The molecule has 0 radical (unpaired) electrons. The predicted octanol–water partition coefficient (Wildman–Crippen LogP) is 3.90. The van der Waals surface area contributed by atoms with E-state index in [0.717, 1.165) is 6.07 Å². The van der Waals surface area contributed by atoms with Crippen molar-refractivity contribution in [3.05, 3.63) is 29.3 Å². The molecule has 6 nitrogen and oxygen atoms in total. The van der Waals surface area contributed by atoms with Gasteiger partial charge >= 0.3 is 18.2 Å². The van der Waals surface area contributed by atoms with Gasteiger partial charge in [0.25, 0.3) is 0 Å². The number of benzene rings is 1. The summed E-state index contributed by atoms with van der Waals surface area (Å²) < 4.78 is 45.3. The molecule has 1 aliphatic rings. The van der Waals surface area contributed by atoms with Crippen LogP contribution in [0.25, 0.3) is 0 Å². The number of anilines is 1. The first-order valence-corrected chi connectivity index (χ1v) is 8.56. The van der Waals surface area contributed by atoms with Gasteiger partial charge in [-0.1, -0.05) is 0 Å². The highest BCUT2D eigenvalue weighted by Crippen LogP contribution is 2.38. The van der Waals surface area contributed by atoms with E-state index in [1.807, 2.05) is 0 Å². The van der Waals surface area contributed by atoms with Crippen molar-refractivity contribution < 1.29 is 32.6 Å². The van der Waals surface area contributed by atoms with E-state index in [2.05, 4.69) is 5.32 Å². The zero-order valence-electron chi connectivity index (χ0n) is 15.4. The fraction of sp³-hybridized carbons (Fsp3) is 0.556. The van der Waals surface area contributed by atoms with Crippen molar-refractivity contribution in [2.24, 2.45) is 0 Å². The Kier molecular flexibility index (Phi) is 5.91. The van der Waals surface area contributed by atoms with Crippen LogP contribution in [0.3, 0.4) is 0 Å². The van der Waals surface area contributed by atoms with Crippen molar-refractivity contribution in [2.45, 2.75) is 51.4 Å². The Labute approximate surface area is 155 Å². The first kappa shape index (κ1) is 20.9. The molecule has 2 rings (SSSR count). The Balaban J connectivity index is 2.07. The zero-order valence-corrected chi connectivity index (χ0v) is 15.4. The van der Waals surface area contributed by atoms with Crippen LogP contribution in [0.4, 0.5) is 23.7 Å². The highest BCUT2D eigenvalue weighted by molar-refractivity contribution is 5.88. The van der Waals surface area contributed by atoms with Crippen LogP contribution in [0.5, 0.6) is 0 Å². The minimum atomic E-state index is -4.66. The van der Waals surface area contributed by atoms with Crippen LogP contribution < -0.4 is 10.2 Å². The van der Waals surface area contributed by atoms with Gasteiger partial charge in [-0.2, -0.15) is 13.2 Å². The van der Waals surface area contributed by atoms with E-state index < -0.39 is 35.0 Å². The summed E-state index contributed by atoms with van der Waals surface area (Å²) in [5, 5.41) is 11.7. The van der Waals surface area contributed by atoms with Gasteiger partial charge in [-0.25, -0.2) is 9.59 Å². The summed E-state index contributed by atoms with van der Waals surface area (Å²) in [6.07, 6.45) is -4.30. The Morgan fingerprint density at radius 3 is 2.26 bits per heavy atom. The third-order valence-corrected chi connectivity index (χ3v) is 4.11. The molecule has 1 saturated heterocycles. The molecule has 150 valence electrons. The van der Waals surface area contributed by atoms with Gasteiger partial charge in [-0.05, 0) is 51.8 Å². The van der Waals surface area contributed by atoms with Crippen LogP contribution in [0.2, 0.25) is 0 Å². The average molecular weight is 388 g/mol. The first-order valence-electron chi connectivity index (χ1n) is 8.56. The van der Waals surface area contributed by atoms with E-state index in [-0.39, 0.29) is 11.7 Å². The number of amides is 1. The number of carboxylic acids is 1. The molecule has 27 heavy (non-hydrogen) atoms. The first-order chi connectivity index (χ1) is 12.4. The van der Waals surface area contributed by atoms with Crippen LogP contribution in [-0.4, -0.2) is 41.9 Å². The van der Waals surface area contributed by atoms with Gasteiger partial charge < -0.3 is 20.1 Å². The van der Waals surface area contributed by atoms with Crippen molar-refractivity contribution in [2.75, 3.05) is 18.0 Å². The molecule has 0 aliphatic carbocycles. The van der Waals surface area contributed by atoms with Gasteiger partial charge in [0, 0.05) is 24.8 Å². The molecule has 1 aromatic rings. The Hall–Kier alpha value is -2.45. The van der Waals surface area contributed by atoms with Crippen molar-refractivity contribution in [1.82, 2.24) is 5.32 Å². The van der Waals surface area contributed by atoms with Gasteiger partial charge in [0.15, 0.2) is 0 Å². The Morgan fingerprint density at radius 2 is 1.78 bits per heavy atom. The molecule has 0 saturated carbocycles. The SMILES string of the molecule is CC(C)(C)OC(=O)NC1CCN(c2ccc(C(=O)O)cc2C(F)(F)F)CC1. The van der Waals surface area contributed by atoms with Gasteiger partial charge in [0.05, 0.1) is 11.1 Å². The van der Waals surface area contributed by atoms with Crippen LogP contribution in [0.15, 0.2) is 18.2 Å². The van der Waals surface area contributed by atoms with Crippen LogP contribution in [0, 0.1) is 0 Å². The highest BCUT2D eigenvalue weighted by atomic mass is 19.4. The average Bonchev–Trinajstić information content (AvgIpc) is 2.52. The van der Waals surface area contributed by atoms with E-state index in [0.29, 0.717) is 32.0 Å². The monoisotopic (exact) mass is 388 g/mol. The number of carbonyl (C=O) groups excluding carboxylic acids is 1. The minimum Gasteiger partial charge on any atom is -0.478 e. The number of alkyl carbamates (subject to hydrolysis) is 1. The molecule has 0 spiro atoms. The smallest absolute Gasteiger partial charge is 0.418 e. The molecule has 0 unspecified atom stereocenters. The minimum absolute atomic E-state index is 0.0526. The van der Waals surface area contributed by atoms with Crippen molar-refractivity contribution >= 4 is 17.7 Å². The zero-order chi connectivity index (χ0) is 20.4. The number of hydrogen-bond acceptors (Lipinski definition) is 4. The second kappa shape index (κ2) is 7.66. The predicted molar refractivity (Wildman–Crippen MR) is 93.0 cm³/mol. The van der Waals surface area contributed by atoms with Gasteiger partial charge in [-0.15, -0.1) is 0 Å². The van der Waals surface area contributed by atoms with Gasteiger partial charge in [-0.3, -0.25) is 0 Å². The van der Waals surface area contributed by atoms with E-state index in [9.17, 15) is 22.8 Å².